The number of carbonyl (C=O) groups excluding carboxylic acids is 1. The number of halogens is 1. The minimum absolute atomic E-state index is 0.0542. The molecule has 27 heavy (non-hydrogen) atoms. The number of benzene rings is 1. The van der Waals surface area contributed by atoms with E-state index in [1.165, 1.54) is 45.4 Å². The summed E-state index contributed by atoms with van der Waals surface area (Å²) in [5, 5.41) is 3.02. The van der Waals surface area contributed by atoms with Gasteiger partial charge in [-0.05, 0) is 38.1 Å². The zero-order chi connectivity index (χ0) is 19.1. The van der Waals surface area contributed by atoms with Crippen LogP contribution >= 0.6 is 22.7 Å². The second kappa shape index (κ2) is 6.67. The minimum atomic E-state index is -0.565. The second-order valence-corrected chi connectivity index (χ2v) is 8.27. The van der Waals surface area contributed by atoms with Crippen LogP contribution in [0.3, 0.4) is 0 Å². The van der Waals surface area contributed by atoms with Crippen molar-refractivity contribution >= 4 is 38.7 Å². The molecule has 0 spiro atoms. The van der Waals surface area contributed by atoms with E-state index in [1.54, 1.807) is 18.3 Å². The molecule has 1 N–H and O–H groups in total. The molecular formula is C18H13FN4O2S2. The van der Waals surface area contributed by atoms with Crippen molar-refractivity contribution in [2.75, 3.05) is 5.32 Å². The molecule has 0 radical (unpaired) electrons. The molecule has 0 aliphatic carbocycles. The van der Waals surface area contributed by atoms with E-state index in [0.29, 0.717) is 15.8 Å². The lowest BCUT2D eigenvalue weighted by atomic mass is 10.1. The standard InChI is InChI=1S/C18H13FN4O2S2/c1-9-8-23-16(25)13(7-20-18(23)26-9)15(24)22-17-21-14(10(2)27-17)11-3-5-12(19)6-4-11/h3-8H,1-2H3,(H,21,22,24). The Hall–Kier alpha value is -2.91. The summed E-state index contributed by atoms with van der Waals surface area (Å²) in [6.07, 6.45) is 2.94. The summed E-state index contributed by atoms with van der Waals surface area (Å²) < 4.78 is 14.5. The number of aryl methyl sites for hydroxylation is 2. The van der Waals surface area contributed by atoms with E-state index in [4.69, 9.17) is 0 Å². The van der Waals surface area contributed by atoms with Crippen LogP contribution in [0, 0.1) is 19.7 Å². The number of fused-ring (bicyclic) bond motifs is 1. The summed E-state index contributed by atoms with van der Waals surface area (Å²) in [6, 6.07) is 5.98. The highest BCUT2D eigenvalue weighted by molar-refractivity contribution is 7.17. The minimum Gasteiger partial charge on any atom is -0.298 e. The number of thiazole rings is 2. The largest absolute Gasteiger partial charge is 0.298 e. The predicted molar refractivity (Wildman–Crippen MR) is 104 cm³/mol. The summed E-state index contributed by atoms with van der Waals surface area (Å²) >= 11 is 2.66. The molecule has 1 amide bonds. The van der Waals surface area contributed by atoms with E-state index >= 15 is 0 Å². The Morgan fingerprint density at radius 3 is 2.67 bits per heavy atom. The molecule has 3 heterocycles. The van der Waals surface area contributed by atoms with Gasteiger partial charge in [-0.3, -0.25) is 19.3 Å². The molecule has 1 aromatic carbocycles. The van der Waals surface area contributed by atoms with Gasteiger partial charge >= 0.3 is 0 Å². The summed E-state index contributed by atoms with van der Waals surface area (Å²) in [4.78, 5) is 36.0. The van der Waals surface area contributed by atoms with Gasteiger partial charge in [0.05, 0.1) is 5.69 Å². The number of rotatable bonds is 3. The first-order valence-electron chi connectivity index (χ1n) is 7.95. The highest BCUT2D eigenvalue weighted by Gasteiger charge is 2.17. The number of nitrogens with zero attached hydrogens (tertiary/aromatic N) is 3. The average Bonchev–Trinajstić information content (AvgIpc) is 3.18. The fourth-order valence-electron chi connectivity index (χ4n) is 2.64. The van der Waals surface area contributed by atoms with Crippen molar-refractivity contribution in [3.8, 4) is 11.3 Å². The zero-order valence-corrected chi connectivity index (χ0v) is 15.9. The summed E-state index contributed by atoms with van der Waals surface area (Å²) in [6.45, 7) is 3.73. The van der Waals surface area contributed by atoms with Crippen LogP contribution in [0.2, 0.25) is 0 Å². The average molecular weight is 400 g/mol. The Kier molecular flexibility index (Phi) is 4.33. The summed E-state index contributed by atoms with van der Waals surface area (Å²) in [7, 11) is 0. The van der Waals surface area contributed by atoms with E-state index in [2.05, 4.69) is 15.3 Å². The third kappa shape index (κ3) is 3.26. The molecule has 6 nitrogen and oxygen atoms in total. The zero-order valence-electron chi connectivity index (χ0n) is 14.3. The summed E-state index contributed by atoms with van der Waals surface area (Å²) in [5.41, 5.74) is 0.937. The second-order valence-electron chi connectivity index (χ2n) is 5.86. The molecule has 4 aromatic rings. The third-order valence-corrected chi connectivity index (χ3v) is 5.70. The molecule has 0 saturated heterocycles. The molecule has 0 atom stereocenters. The van der Waals surface area contributed by atoms with Crippen molar-refractivity contribution in [3.05, 3.63) is 68.1 Å². The topological polar surface area (TPSA) is 76.4 Å². The number of amides is 1. The number of hydrogen-bond acceptors (Lipinski definition) is 6. The van der Waals surface area contributed by atoms with Gasteiger partial charge in [0, 0.05) is 27.7 Å². The van der Waals surface area contributed by atoms with Gasteiger partial charge in [0.15, 0.2) is 10.1 Å². The monoisotopic (exact) mass is 400 g/mol. The molecule has 4 rings (SSSR count). The van der Waals surface area contributed by atoms with E-state index in [0.717, 1.165) is 15.3 Å². The Balaban J connectivity index is 1.64. The van der Waals surface area contributed by atoms with Crippen LogP contribution in [0.4, 0.5) is 9.52 Å². The molecule has 0 bridgehead atoms. The molecule has 0 aliphatic heterocycles. The van der Waals surface area contributed by atoms with Crippen LogP contribution in [0.15, 0.2) is 41.5 Å². The molecule has 9 heteroatoms. The van der Waals surface area contributed by atoms with Crippen LogP contribution in [-0.2, 0) is 0 Å². The smallest absolute Gasteiger partial charge is 0.271 e. The molecule has 136 valence electrons. The summed E-state index contributed by atoms with van der Waals surface area (Å²) in [5.74, 6) is -0.891. The van der Waals surface area contributed by atoms with Crippen LogP contribution in [0.25, 0.3) is 16.2 Å². The van der Waals surface area contributed by atoms with Crippen LogP contribution in [-0.4, -0.2) is 20.3 Å². The molecule has 0 saturated carbocycles. The fourth-order valence-corrected chi connectivity index (χ4v) is 4.26. The maximum atomic E-state index is 13.1. The van der Waals surface area contributed by atoms with Crippen molar-refractivity contribution in [2.45, 2.75) is 13.8 Å². The molecule has 0 unspecified atom stereocenters. The van der Waals surface area contributed by atoms with Gasteiger partial charge in [-0.25, -0.2) is 14.4 Å². The normalized spacial score (nSPS) is 11.1. The quantitative estimate of drug-likeness (QED) is 0.566. The van der Waals surface area contributed by atoms with Gasteiger partial charge in [0.25, 0.3) is 11.5 Å². The lowest BCUT2D eigenvalue weighted by Gasteiger charge is -2.01. The molecule has 0 fully saturated rings. The molecular weight excluding hydrogens is 387 g/mol. The Morgan fingerprint density at radius 2 is 1.93 bits per heavy atom. The SMILES string of the molecule is Cc1cn2c(=O)c(C(=O)Nc3nc(-c4ccc(F)cc4)c(C)s3)cnc2s1. The van der Waals surface area contributed by atoms with Crippen molar-refractivity contribution < 1.29 is 9.18 Å². The van der Waals surface area contributed by atoms with Crippen molar-refractivity contribution in [2.24, 2.45) is 0 Å². The molecule has 3 aromatic heterocycles. The number of aromatic nitrogens is 3. The first-order valence-corrected chi connectivity index (χ1v) is 9.58. The van der Waals surface area contributed by atoms with Gasteiger partial charge < -0.3 is 0 Å². The number of carbonyl (C=O) groups is 1. The lowest BCUT2D eigenvalue weighted by molar-refractivity contribution is 0.102. The maximum Gasteiger partial charge on any atom is 0.271 e. The highest BCUT2D eigenvalue weighted by Crippen LogP contribution is 2.30. The van der Waals surface area contributed by atoms with Gasteiger partial charge in [-0.2, -0.15) is 0 Å². The van der Waals surface area contributed by atoms with E-state index in [-0.39, 0.29) is 11.4 Å². The fraction of sp³-hybridized carbons (Fsp3) is 0.111. The maximum absolute atomic E-state index is 13.1. The van der Waals surface area contributed by atoms with Crippen LogP contribution in [0.1, 0.15) is 20.1 Å². The Labute approximate surface area is 161 Å². The van der Waals surface area contributed by atoms with Gasteiger partial charge in [0.2, 0.25) is 0 Å². The first-order chi connectivity index (χ1) is 12.9. The first kappa shape index (κ1) is 17.5. The van der Waals surface area contributed by atoms with Crippen LogP contribution in [0.5, 0.6) is 0 Å². The predicted octanol–water partition coefficient (Wildman–Crippen LogP) is 3.89. The van der Waals surface area contributed by atoms with Crippen molar-refractivity contribution in [3.63, 3.8) is 0 Å². The van der Waals surface area contributed by atoms with E-state index in [1.807, 2.05) is 13.8 Å². The van der Waals surface area contributed by atoms with E-state index in [9.17, 15) is 14.0 Å². The number of anilines is 1. The number of hydrogen-bond donors (Lipinski definition) is 1. The third-order valence-electron chi connectivity index (χ3n) is 3.90. The molecule has 0 aliphatic rings. The van der Waals surface area contributed by atoms with Gasteiger partial charge in [0.1, 0.15) is 11.4 Å². The highest BCUT2D eigenvalue weighted by atomic mass is 32.1. The Morgan fingerprint density at radius 1 is 1.19 bits per heavy atom. The van der Waals surface area contributed by atoms with E-state index < -0.39 is 11.5 Å². The number of nitrogens with one attached hydrogen (secondary N) is 1. The van der Waals surface area contributed by atoms with Crippen molar-refractivity contribution in [1.29, 1.82) is 0 Å². The Bertz CT molecular complexity index is 1220. The van der Waals surface area contributed by atoms with Gasteiger partial charge in [-0.15, -0.1) is 22.7 Å². The van der Waals surface area contributed by atoms with Crippen molar-refractivity contribution in [1.82, 2.24) is 14.4 Å². The van der Waals surface area contributed by atoms with Gasteiger partial charge in [-0.1, -0.05) is 0 Å². The lowest BCUT2D eigenvalue weighted by Crippen LogP contribution is -2.25. The van der Waals surface area contributed by atoms with Crippen LogP contribution < -0.4 is 10.9 Å².